The molecule has 1 aliphatic carbocycles. The molecule has 5 heteroatoms. The predicted molar refractivity (Wildman–Crippen MR) is 74.2 cm³/mol. The van der Waals surface area contributed by atoms with Crippen molar-refractivity contribution >= 4 is 17.5 Å². The topological polar surface area (TPSA) is 51.2 Å². The molecule has 0 aromatic carbocycles. The Morgan fingerprint density at radius 2 is 2.42 bits per heavy atom. The zero-order valence-electron chi connectivity index (χ0n) is 10.6. The van der Waals surface area contributed by atoms with Gasteiger partial charge in [0, 0.05) is 18.7 Å². The van der Waals surface area contributed by atoms with Gasteiger partial charge >= 0.3 is 0 Å². The summed E-state index contributed by atoms with van der Waals surface area (Å²) in [5.74, 6) is 0.987. The molecule has 2 rings (SSSR count). The lowest BCUT2D eigenvalue weighted by Crippen LogP contribution is -2.29. The molecule has 1 atom stereocenters. The van der Waals surface area contributed by atoms with E-state index in [0.717, 1.165) is 12.8 Å². The second-order valence-electron chi connectivity index (χ2n) is 4.48. The smallest absolute Gasteiger partial charge is 0.220 e. The first-order valence-corrected chi connectivity index (χ1v) is 6.79. The lowest BCUT2D eigenvalue weighted by Gasteiger charge is -2.09. The van der Waals surface area contributed by atoms with E-state index < -0.39 is 0 Å². The molecule has 0 unspecified atom stereocenters. The van der Waals surface area contributed by atoms with Crippen LogP contribution in [-0.2, 0) is 4.79 Å². The molecule has 0 saturated heterocycles. The Bertz CT molecular complexity index is 445. The van der Waals surface area contributed by atoms with Crippen LogP contribution in [0.2, 0.25) is 5.02 Å². The molecule has 0 fully saturated rings. The molecule has 0 saturated carbocycles. The van der Waals surface area contributed by atoms with Crippen molar-refractivity contribution < 1.29 is 9.53 Å². The van der Waals surface area contributed by atoms with Crippen molar-refractivity contribution in [3.05, 3.63) is 35.5 Å². The van der Waals surface area contributed by atoms with Crippen molar-refractivity contribution in [3.8, 4) is 5.88 Å². The molecule has 4 nitrogen and oxygen atoms in total. The highest BCUT2D eigenvalue weighted by atomic mass is 35.5. The molecule has 1 aromatic rings. The fourth-order valence-corrected chi connectivity index (χ4v) is 2.08. The Morgan fingerprint density at radius 3 is 3.11 bits per heavy atom. The Labute approximate surface area is 117 Å². The van der Waals surface area contributed by atoms with Crippen molar-refractivity contribution in [2.24, 2.45) is 5.92 Å². The number of hydrogen-bond acceptors (Lipinski definition) is 3. The van der Waals surface area contributed by atoms with Crippen molar-refractivity contribution in [2.75, 3.05) is 13.2 Å². The lowest BCUT2D eigenvalue weighted by atomic mass is 10.1. The summed E-state index contributed by atoms with van der Waals surface area (Å²) in [6.45, 7) is 0.889. The fourth-order valence-electron chi connectivity index (χ4n) is 1.97. The SMILES string of the molecule is O=C(C[C@H]1C=CCC1)NCCOc1ccc(Cl)cn1. The van der Waals surface area contributed by atoms with Crippen LogP contribution in [0.5, 0.6) is 5.88 Å². The van der Waals surface area contributed by atoms with E-state index in [4.69, 9.17) is 16.3 Å². The van der Waals surface area contributed by atoms with Gasteiger partial charge in [0.15, 0.2) is 0 Å². The van der Waals surface area contributed by atoms with E-state index in [0.29, 0.717) is 36.4 Å². The van der Waals surface area contributed by atoms with Crippen molar-refractivity contribution in [1.82, 2.24) is 10.3 Å². The van der Waals surface area contributed by atoms with Gasteiger partial charge in [0.1, 0.15) is 6.61 Å². The van der Waals surface area contributed by atoms with Crippen molar-refractivity contribution in [1.29, 1.82) is 0 Å². The largest absolute Gasteiger partial charge is 0.476 e. The van der Waals surface area contributed by atoms with Crippen LogP contribution in [0.1, 0.15) is 19.3 Å². The van der Waals surface area contributed by atoms with E-state index in [9.17, 15) is 4.79 Å². The minimum atomic E-state index is 0.0733. The van der Waals surface area contributed by atoms with E-state index in [1.807, 2.05) is 0 Å². The van der Waals surface area contributed by atoms with Crippen LogP contribution in [-0.4, -0.2) is 24.0 Å². The minimum absolute atomic E-state index is 0.0733. The highest BCUT2D eigenvalue weighted by Crippen LogP contribution is 2.19. The number of nitrogens with zero attached hydrogens (tertiary/aromatic N) is 1. The zero-order chi connectivity index (χ0) is 13.5. The Kier molecular flexibility index (Phi) is 5.21. The van der Waals surface area contributed by atoms with Gasteiger partial charge < -0.3 is 10.1 Å². The molecule has 102 valence electrons. The summed E-state index contributed by atoms with van der Waals surface area (Å²) in [5, 5.41) is 3.41. The normalized spacial score (nSPS) is 17.4. The van der Waals surface area contributed by atoms with Crippen LogP contribution < -0.4 is 10.1 Å². The van der Waals surface area contributed by atoms with Crippen LogP contribution in [0.25, 0.3) is 0 Å². The van der Waals surface area contributed by atoms with E-state index in [-0.39, 0.29) is 5.91 Å². The fraction of sp³-hybridized carbons (Fsp3) is 0.429. The van der Waals surface area contributed by atoms with E-state index in [1.165, 1.54) is 6.20 Å². The summed E-state index contributed by atoms with van der Waals surface area (Å²) in [4.78, 5) is 15.6. The standard InChI is InChI=1S/C14H17ClN2O2/c15-12-5-6-14(17-10-12)19-8-7-16-13(18)9-11-3-1-2-4-11/h1,3,5-6,10-11H,2,4,7-9H2,(H,16,18)/t11-/m0/s1. The van der Waals surface area contributed by atoms with Gasteiger partial charge in [-0.15, -0.1) is 0 Å². The van der Waals surface area contributed by atoms with Crippen LogP contribution >= 0.6 is 11.6 Å². The van der Waals surface area contributed by atoms with Crippen LogP contribution in [0.15, 0.2) is 30.5 Å². The first-order valence-electron chi connectivity index (χ1n) is 6.42. The maximum absolute atomic E-state index is 11.6. The van der Waals surface area contributed by atoms with Gasteiger partial charge in [-0.05, 0) is 24.8 Å². The molecular weight excluding hydrogens is 264 g/mol. The highest BCUT2D eigenvalue weighted by Gasteiger charge is 2.13. The minimum Gasteiger partial charge on any atom is -0.476 e. The molecule has 1 aromatic heterocycles. The van der Waals surface area contributed by atoms with E-state index in [2.05, 4.69) is 22.5 Å². The molecule has 1 heterocycles. The van der Waals surface area contributed by atoms with Gasteiger partial charge in [0.05, 0.1) is 11.6 Å². The third-order valence-electron chi connectivity index (χ3n) is 2.93. The van der Waals surface area contributed by atoms with Crippen LogP contribution in [0.3, 0.4) is 0 Å². The van der Waals surface area contributed by atoms with Gasteiger partial charge in [-0.3, -0.25) is 4.79 Å². The first kappa shape index (κ1) is 13.9. The van der Waals surface area contributed by atoms with Crippen molar-refractivity contribution in [2.45, 2.75) is 19.3 Å². The molecule has 0 radical (unpaired) electrons. The average Bonchev–Trinajstić information content (AvgIpc) is 2.89. The molecular formula is C14H17ClN2O2. The number of carbonyl (C=O) groups is 1. The number of carbonyl (C=O) groups excluding carboxylic acids is 1. The maximum atomic E-state index is 11.6. The molecule has 1 aliphatic rings. The number of aromatic nitrogens is 1. The third-order valence-corrected chi connectivity index (χ3v) is 3.16. The summed E-state index contributed by atoms with van der Waals surface area (Å²) < 4.78 is 5.38. The van der Waals surface area contributed by atoms with Gasteiger partial charge in [-0.25, -0.2) is 4.98 Å². The Hall–Kier alpha value is -1.55. The molecule has 0 aliphatic heterocycles. The number of allylic oxidation sites excluding steroid dienone is 2. The number of hydrogen-bond donors (Lipinski definition) is 1. The molecule has 1 N–H and O–H groups in total. The molecule has 0 spiro atoms. The van der Waals surface area contributed by atoms with E-state index >= 15 is 0 Å². The van der Waals surface area contributed by atoms with Crippen molar-refractivity contribution in [3.63, 3.8) is 0 Å². The van der Waals surface area contributed by atoms with Gasteiger partial charge in [-0.1, -0.05) is 23.8 Å². The predicted octanol–water partition coefficient (Wildman–Crippen LogP) is 2.59. The second-order valence-corrected chi connectivity index (χ2v) is 4.92. The molecule has 19 heavy (non-hydrogen) atoms. The summed E-state index contributed by atoms with van der Waals surface area (Å²) in [5.41, 5.74) is 0. The molecule has 0 bridgehead atoms. The summed E-state index contributed by atoms with van der Waals surface area (Å²) in [6.07, 6.45) is 8.51. The van der Waals surface area contributed by atoms with Gasteiger partial charge in [0.2, 0.25) is 11.8 Å². The summed E-state index contributed by atoms with van der Waals surface area (Å²) in [7, 11) is 0. The lowest BCUT2D eigenvalue weighted by molar-refractivity contribution is -0.121. The van der Waals surface area contributed by atoms with Crippen LogP contribution in [0, 0.1) is 5.92 Å². The highest BCUT2D eigenvalue weighted by molar-refractivity contribution is 6.30. The first-order chi connectivity index (χ1) is 9.24. The third kappa shape index (κ3) is 4.91. The Morgan fingerprint density at radius 1 is 1.53 bits per heavy atom. The van der Waals surface area contributed by atoms with Gasteiger partial charge in [-0.2, -0.15) is 0 Å². The number of halogens is 1. The van der Waals surface area contributed by atoms with Gasteiger partial charge in [0.25, 0.3) is 0 Å². The summed E-state index contributed by atoms with van der Waals surface area (Å²) >= 11 is 5.71. The monoisotopic (exact) mass is 280 g/mol. The summed E-state index contributed by atoms with van der Waals surface area (Å²) in [6, 6.07) is 3.42. The zero-order valence-corrected chi connectivity index (χ0v) is 11.4. The number of amides is 1. The average molecular weight is 281 g/mol. The maximum Gasteiger partial charge on any atom is 0.220 e. The number of ether oxygens (including phenoxy) is 1. The quantitative estimate of drug-likeness (QED) is 0.644. The molecule has 1 amide bonds. The second kappa shape index (κ2) is 7.14. The number of rotatable bonds is 6. The van der Waals surface area contributed by atoms with E-state index in [1.54, 1.807) is 12.1 Å². The van der Waals surface area contributed by atoms with Crippen LogP contribution in [0.4, 0.5) is 0 Å². The number of pyridine rings is 1. The number of nitrogens with one attached hydrogen (secondary N) is 1. The Balaban J connectivity index is 1.59.